The topological polar surface area (TPSA) is 78.1 Å². The van der Waals surface area contributed by atoms with Crippen LogP contribution in [0.3, 0.4) is 0 Å². The van der Waals surface area contributed by atoms with E-state index in [1.165, 1.54) is 0 Å². The molecule has 0 unspecified atom stereocenters. The third-order valence-corrected chi connectivity index (χ3v) is 3.90. The minimum Gasteiger partial charge on any atom is -0.497 e. The highest BCUT2D eigenvalue weighted by Gasteiger charge is 2.12. The Kier molecular flexibility index (Phi) is 5.68. The average molecular weight is 358 g/mol. The van der Waals surface area contributed by atoms with Crippen molar-refractivity contribution in [3.05, 3.63) is 36.4 Å². The third kappa shape index (κ3) is 4.30. The van der Waals surface area contributed by atoms with Gasteiger partial charge in [-0.3, -0.25) is 4.79 Å². The lowest BCUT2D eigenvalue weighted by Gasteiger charge is -2.19. The van der Waals surface area contributed by atoms with Gasteiger partial charge in [0, 0.05) is 30.8 Å². The van der Waals surface area contributed by atoms with E-state index in [0.717, 1.165) is 11.4 Å². The van der Waals surface area contributed by atoms with Gasteiger partial charge in [-0.1, -0.05) is 0 Å². The van der Waals surface area contributed by atoms with Gasteiger partial charge in [0.25, 0.3) is 0 Å². The first kappa shape index (κ1) is 17.7. The third-order valence-electron chi connectivity index (χ3n) is 3.90. The second-order valence-corrected chi connectivity index (χ2v) is 5.65. The largest absolute Gasteiger partial charge is 0.497 e. The Morgan fingerprint density at radius 1 is 1.04 bits per heavy atom. The number of hydrogen-bond acceptors (Lipinski definition) is 6. The molecule has 0 aromatic heterocycles. The zero-order valence-electron chi connectivity index (χ0n) is 14.8. The van der Waals surface area contributed by atoms with Crippen LogP contribution in [-0.2, 0) is 4.79 Å². The molecule has 0 fully saturated rings. The number of nitrogens with one attached hydrogen (secondary N) is 2. The van der Waals surface area contributed by atoms with E-state index in [4.69, 9.17) is 18.9 Å². The van der Waals surface area contributed by atoms with Crippen LogP contribution in [0.5, 0.6) is 23.0 Å². The van der Waals surface area contributed by atoms with Crippen molar-refractivity contribution in [1.82, 2.24) is 0 Å². The van der Waals surface area contributed by atoms with Crippen LogP contribution in [-0.4, -0.2) is 39.9 Å². The maximum atomic E-state index is 12.2. The van der Waals surface area contributed by atoms with Crippen molar-refractivity contribution in [3.63, 3.8) is 0 Å². The normalized spacial score (nSPS) is 12.2. The van der Waals surface area contributed by atoms with Gasteiger partial charge in [-0.05, 0) is 24.3 Å². The molecule has 0 aliphatic carbocycles. The van der Waals surface area contributed by atoms with Crippen molar-refractivity contribution in [2.45, 2.75) is 6.42 Å². The molecule has 2 aromatic rings. The lowest BCUT2D eigenvalue weighted by molar-refractivity contribution is -0.116. The number of hydrogen-bond donors (Lipinski definition) is 2. The monoisotopic (exact) mass is 358 g/mol. The number of carbonyl (C=O) groups excluding carboxylic acids is 1. The first-order valence-electron chi connectivity index (χ1n) is 8.35. The van der Waals surface area contributed by atoms with E-state index in [9.17, 15) is 4.79 Å². The predicted molar refractivity (Wildman–Crippen MR) is 98.7 cm³/mol. The van der Waals surface area contributed by atoms with Crippen molar-refractivity contribution in [3.8, 4) is 23.0 Å². The summed E-state index contributed by atoms with van der Waals surface area (Å²) in [5.41, 5.74) is 1.46. The lowest BCUT2D eigenvalue weighted by atomic mass is 10.2. The zero-order valence-corrected chi connectivity index (χ0v) is 14.8. The van der Waals surface area contributed by atoms with E-state index in [1.54, 1.807) is 32.4 Å². The Labute approximate surface area is 152 Å². The van der Waals surface area contributed by atoms with Gasteiger partial charge in [0.2, 0.25) is 5.91 Å². The van der Waals surface area contributed by atoms with Crippen LogP contribution in [0, 0.1) is 0 Å². The quantitative estimate of drug-likeness (QED) is 0.792. The fourth-order valence-electron chi connectivity index (χ4n) is 2.60. The Balaban J connectivity index is 1.53. The van der Waals surface area contributed by atoms with E-state index in [2.05, 4.69) is 10.6 Å². The maximum absolute atomic E-state index is 12.2. The first-order chi connectivity index (χ1) is 12.7. The number of fused-ring (bicyclic) bond motifs is 1. The van der Waals surface area contributed by atoms with E-state index in [-0.39, 0.29) is 5.91 Å². The van der Waals surface area contributed by atoms with Crippen molar-refractivity contribution in [1.29, 1.82) is 0 Å². The van der Waals surface area contributed by atoms with Crippen molar-refractivity contribution in [2.24, 2.45) is 0 Å². The highest BCUT2D eigenvalue weighted by Crippen LogP contribution is 2.32. The number of amides is 1. The van der Waals surface area contributed by atoms with Crippen LogP contribution in [0.1, 0.15) is 6.42 Å². The second-order valence-electron chi connectivity index (χ2n) is 5.65. The van der Waals surface area contributed by atoms with Crippen molar-refractivity contribution >= 4 is 17.3 Å². The first-order valence-corrected chi connectivity index (χ1v) is 8.35. The van der Waals surface area contributed by atoms with Gasteiger partial charge < -0.3 is 29.6 Å². The number of benzene rings is 2. The van der Waals surface area contributed by atoms with Crippen LogP contribution in [0.2, 0.25) is 0 Å². The summed E-state index contributed by atoms with van der Waals surface area (Å²) in [7, 11) is 3.13. The lowest BCUT2D eigenvalue weighted by Crippen LogP contribution is -2.17. The standard InChI is InChI=1S/C19H22N2O5/c1-23-14-4-6-16(24-2)15(12-14)21-19(22)7-8-20-13-3-5-17-18(11-13)26-10-9-25-17/h3-6,11-12,20H,7-10H2,1-2H3,(H,21,22). The van der Waals surface area contributed by atoms with Gasteiger partial charge in [0.15, 0.2) is 11.5 Å². The SMILES string of the molecule is COc1ccc(OC)c(NC(=O)CCNc2ccc3c(c2)OCCO3)c1. The molecule has 2 N–H and O–H groups in total. The second kappa shape index (κ2) is 8.33. The molecule has 2 aromatic carbocycles. The molecule has 0 radical (unpaired) electrons. The highest BCUT2D eigenvalue weighted by molar-refractivity contribution is 5.92. The van der Waals surface area contributed by atoms with Gasteiger partial charge in [0.1, 0.15) is 24.7 Å². The van der Waals surface area contributed by atoms with Gasteiger partial charge in [-0.2, -0.15) is 0 Å². The predicted octanol–water partition coefficient (Wildman–Crippen LogP) is 2.92. The number of methoxy groups -OCH3 is 2. The highest BCUT2D eigenvalue weighted by atomic mass is 16.6. The summed E-state index contributed by atoms with van der Waals surface area (Å²) in [4.78, 5) is 12.2. The molecular weight excluding hydrogens is 336 g/mol. The smallest absolute Gasteiger partial charge is 0.226 e. The number of carbonyl (C=O) groups is 1. The molecule has 0 saturated carbocycles. The summed E-state index contributed by atoms with van der Waals surface area (Å²) in [5.74, 6) is 2.56. The fourth-order valence-corrected chi connectivity index (χ4v) is 2.60. The number of rotatable bonds is 7. The molecule has 7 nitrogen and oxygen atoms in total. The molecule has 0 saturated heterocycles. The van der Waals surface area contributed by atoms with Gasteiger partial charge in [-0.25, -0.2) is 0 Å². The summed E-state index contributed by atoms with van der Waals surface area (Å²) in [5, 5.41) is 6.05. The summed E-state index contributed by atoms with van der Waals surface area (Å²) in [6.45, 7) is 1.59. The van der Waals surface area contributed by atoms with Crippen LogP contribution < -0.4 is 29.6 Å². The van der Waals surface area contributed by atoms with E-state index >= 15 is 0 Å². The van der Waals surface area contributed by atoms with E-state index in [1.807, 2.05) is 18.2 Å². The maximum Gasteiger partial charge on any atom is 0.226 e. The Hall–Kier alpha value is -3.09. The minimum atomic E-state index is -0.124. The van der Waals surface area contributed by atoms with Crippen LogP contribution >= 0.6 is 0 Å². The molecule has 1 amide bonds. The number of ether oxygens (including phenoxy) is 4. The number of anilines is 2. The van der Waals surface area contributed by atoms with Crippen LogP contribution in [0.4, 0.5) is 11.4 Å². The molecule has 0 spiro atoms. The molecule has 1 aliphatic heterocycles. The minimum absolute atomic E-state index is 0.124. The Morgan fingerprint density at radius 3 is 2.62 bits per heavy atom. The van der Waals surface area contributed by atoms with Gasteiger partial charge in [0.05, 0.1) is 19.9 Å². The molecule has 3 rings (SSSR count). The molecule has 138 valence electrons. The molecule has 1 heterocycles. The summed E-state index contributed by atoms with van der Waals surface area (Å²) in [6.07, 6.45) is 0.300. The fraction of sp³-hybridized carbons (Fsp3) is 0.316. The molecule has 1 aliphatic rings. The molecule has 0 bridgehead atoms. The molecule has 0 atom stereocenters. The van der Waals surface area contributed by atoms with E-state index < -0.39 is 0 Å². The Bertz CT molecular complexity index is 779. The summed E-state index contributed by atoms with van der Waals surface area (Å²) in [6, 6.07) is 10.9. The van der Waals surface area contributed by atoms with Gasteiger partial charge >= 0.3 is 0 Å². The van der Waals surface area contributed by atoms with Crippen molar-refractivity contribution in [2.75, 3.05) is 44.6 Å². The molecule has 7 heteroatoms. The van der Waals surface area contributed by atoms with Crippen LogP contribution in [0.15, 0.2) is 36.4 Å². The molecular formula is C19H22N2O5. The Morgan fingerprint density at radius 2 is 1.85 bits per heavy atom. The molecule has 26 heavy (non-hydrogen) atoms. The average Bonchev–Trinajstić information content (AvgIpc) is 2.67. The van der Waals surface area contributed by atoms with Crippen LogP contribution in [0.25, 0.3) is 0 Å². The summed E-state index contributed by atoms with van der Waals surface area (Å²) >= 11 is 0. The van der Waals surface area contributed by atoms with Gasteiger partial charge in [-0.15, -0.1) is 0 Å². The summed E-state index contributed by atoms with van der Waals surface area (Å²) < 4.78 is 21.5. The van der Waals surface area contributed by atoms with Crippen molar-refractivity contribution < 1.29 is 23.7 Å². The van der Waals surface area contributed by atoms with E-state index in [0.29, 0.717) is 49.1 Å². The zero-order chi connectivity index (χ0) is 18.4.